The Morgan fingerprint density at radius 3 is 2.71 bits per heavy atom. The van der Waals surface area contributed by atoms with Crippen LogP contribution >= 0.6 is 0 Å². The van der Waals surface area contributed by atoms with Crippen molar-refractivity contribution in [3.05, 3.63) is 83.4 Å². The maximum atomic E-state index is 14.0. The highest BCUT2D eigenvalue weighted by molar-refractivity contribution is 6.02. The van der Waals surface area contributed by atoms with Crippen molar-refractivity contribution in [1.29, 1.82) is 0 Å². The summed E-state index contributed by atoms with van der Waals surface area (Å²) in [6, 6.07) is 23.1. The number of anilines is 1. The van der Waals surface area contributed by atoms with Gasteiger partial charge in [-0.3, -0.25) is 4.79 Å². The molecule has 3 aromatic carbocycles. The lowest BCUT2D eigenvalue weighted by Crippen LogP contribution is -2.47. The molecule has 7 rings (SSSR count). The largest absolute Gasteiger partial charge is 0.424 e. The van der Waals surface area contributed by atoms with Crippen LogP contribution in [0.5, 0.6) is 0 Å². The smallest absolute Gasteiger partial charge is 0.295 e. The van der Waals surface area contributed by atoms with Crippen LogP contribution in [0.1, 0.15) is 34.3 Å². The van der Waals surface area contributed by atoms with E-state index in [4.69, 9.17) is 4.42 Å². The van der Waals surface area contributed by atoms with Crippen LogP contribution in [0.25, 0.3) is 22.2 Å². The minimum Gasteiger partial charge on any atom is -0.424 e. The summed E-state index contributed by atoms with van der Waals surface area (Å²) in [6.45, 7) is 5.66. The quantitative estimate of drug-likeness (QED) is 0.417. The molecule has 1 N–H and O–H groups in total. The molecule has 0 spiro atoms. The van der Waals surface area contributed by atoms with Crippen LogP contribution in [-0.2, 0) is 0 Å². The molecule has 2 heterocycles. The van der Waals surface area contributed by atoms with Gasteiger partial charge in [0.1, 0.15) is 5.52 Å². The number of oxazole rings is 1. The number of nitrogens with zero attached hydrogens (tertiary/aromatic N) is 2. The maximum absolute atomic E-state index is 14.0. The van der Waals surface area contributed by atoms with E-state index in [1.807, 2.05) is 24.3 Å². The molecule has 170 valence electrons. The molecule has 2 aliphatic carbocycles. The van der Waals surface area contributed by atoms with Gasteiger partial charge in [0.2, 0.25) is 0 Å². The van der Waals surface area contributed by atoms with Gasteiger partial charge in [-0.25, -0.2) is 0 Å². The van der Waals surface area contributed by atoms with Gasteiger partial charge in [0.05, 0.1) is 6.04 Å². The summed E-state index contributed by atoms with van der Waals surface area (Å²) in [4.78, 5) is 20.7. The summed E-state index contributed by atoms with van der Waals surface area (Å²) >= 11 is 0. The number of likely N-dealkylation sites (tertiary alicyclic amines) is 1. The van der Waals surface area contributed by atoms with Gasteiger partial charge in [-0.05, 0) is 61.4 Å². The number of fused-ring (bicyclic) bond motifs is 1. The van der Waals surface area contributed by atoms with E-state index in [1.165, 1.54) is 18.4 Å². The van der Waals surface area contributed by atoms with Gasteiger partial charge in [-0.1, -0.05) is 59.7 Å². The summed E-state index contributed by atoms with van der Waals surface area (Å²) < 4.78 is 5.88. The SMILES string of the molecule is Cc1cccc(-c2ccc(C)cc2C(=O)N2CC34CC3(C4)[C@H]2CNc2nc3ccccc3o2)c1. The molecule has 1 aromatic heterocycles. The highest BCUT2D eigenvalue weighted by Gasteiger charge is 2.90. The van der Waals surface area contributed by atoms with Crippen LogP contribution in [-0.4, -0.2) is 34.9 Å². The molecular formula is C29H27N3O2. The van der Waals surface area contributed by atoms with Crippen molar-refractivity contribution in [3.8, 4) is 11.1 Å². The second kappa shape index (κ2) is 6.72. The molecule has 1 aliphatic heterocycles. The van der Waals surface area contributed by atoms with Gasteiger partial charge in [0.25, 0.3) is 11.9 Å². The highest BCUT2D eigenvalue weighted by atomic mass is 16.4. The van der Waals surface area contributed by atoms with Gasteiger partial charge in [0, 0.05) is 24.1 Å². The Morgan fingerprint density at radius 1 is 1.06 bits per heavy atom. The lowest BCUT2D eigenvalue weighted by Gasteiger charge is -2.34. The Bertz CT molecular complexity index is 1430. The zero-order valence-corrected chi connectivity index (χ0v) is 19.5. The number of rotatable bonds is 5. The molecule has 0 unspecified atom stereocenters. The first-order valence-corrected chi connectivity index (χ1v) is 12.1. The third kappa shape index (κ3) is 2.79. The summed E-state index contributed by atoms with van der Waals surface area (Å²) in [5, 5.41) is 3.41. The number of hydrogen-bond donors (Lipinski definition) is 1. The van der Waals surface area contributed by atoms with Crippen LogP contribution in [0.15, 0.2) is 71.1 Å². The molecule has 0 radical (unpaired) electrons. The Morgan fingerprint density at radius 2 is 1.88 bits per heavy atom. The summed E-state index contributed by atoms with van der Waals surface area (Å²) in [7, 11) is 0. The van der Waals surface area contributed by atoms with Crippen molar-refractivity contribution < 1.29 is 9.21 Å². The van der Waals surface area contributed by atoms with Crippen LogP contribution in [0, 0.1) is 24.7 Å². The van der Waals surface area contributed by atoms with Crippen molar-refractivity contribution in [2.24, 2.45) is 10.8 Å². The molecule has 1 amide bonds. The number of hydrogen-bond acceptors (Lipinski definition) is 4. The lowest BCUT2D eigenvalue weighted by molar-refractivity contribution is 0.0644. The molecule has 1 atom stereocenters. The first-order valence-electron chi connectivity index (χ1n) is 12.1. The molecule has 5 nitrogen and oxygen atoms in total. The molecule has 34 heavy (non-hydrogen) atoms. The first kappa shape index (κ1) is 19.8. The fourth-order valence-corrected chi connectivity index (χ4v) is 6.37. The van der Waals surface area contributed by atoms with E-state index in [0.29, 0.717) is 18.0 Å². The average molecular weight is 450 g/mol. The van der Waals surface area contributed by atoms with E-state index < -0.39 is 0 Å². The number of piperidine rings is 2. The minimum atomic E-state index is 0.134. The highest BCUT2D eigenvalue weighted by Crippen LogP contribution is 2.91. The monoisotopic (exact) mass is 449 g/mol. The first-order chi connectivity index (χ1) is 16.5. The van der Waals surface area contributed by atoms with Crippen LogP contribution < -0.4 is 5.32 Å². The van der Waals surface area contributed by atoms with Gasteiger partial charge >= 0.3 is 0 Å². The van der Waals surface area contributed by atoms with Crippen molar-refractivity contribution in [1.82, 2.24) is 9.88 Å². The number of aromatic nitrogens is 1. The maximum Gasteiger partial charge on any atom is 0.295 e. The fourth-order valence-electron chi connectivity index (χ4n) is 6.37. The van der Waals surface area contributed by atoms with Gasteiger partial charge in [-0.2, -0.15) is 4.98 Å². The second-order valence-electron chi connectivity index (χ2n) is 10.5. The predicted molar refractivity (Wildman–Crippen MR) is 133 cm³/mol. The molecule has 3 aliphatic rings. The third-order valence-electron chi connectivity index (χ3n) is 8.34. The van der Waals surface area contributed by atoms with E-state index in [-0.39, 0.29) is 17.4 Å². The number of para-hydroxylation sites is 2. The number of amides is 1. The predicted octanol–water partition coefficient (Wildman–Crippen LogP) is 5.83. The summed E-state index contributed by atoms with van der Waals surface area (Å²) in [5.74, 6) is 0.134. The summed E-state index contributed by atoms with van der Waals surface area (Å²) in [5.41, 5.74) is 7.45. The number of nitrogens with one attached hydrogen (secondary N) is 1. The van der Waals surface area contributed by atoms with Gasteiger partial charge < -0.3 is 14.6 Å². The number of carbonyl (C=O) groups is 1. The molecule has 0 bridgehead atoms. The van der Waals surface area contributed by atoms with E-state index >= 15 is 0 Å². The molecule has 3 fully saturated rings. The van der Waals surface area contributed by atoms with Crippen LogP contribution in [0.3, 0.4) is 0 Å². The zero-order chi connectivity index (χ0) is 23.1. The Labute approximate surface area is 198 Å². The fraction of sp³-hybridized carbons (Fsp3) is 0.310. The average Bonchev–Trinajstić information content (AvgIpc) is 3.49. The van der Waals surface area contributed by atoms with Crippen molar-refractivity contribution in [3.63, 3.8) is 0 Å². The van der Waals surface area contributed by atoms with Crippen molar-refractivity contribution in [2.75, 3.05) is 18.4 Å². The Hall–Kier alpha value is -3.60. The lowest BCUT2D eigenvalue weighted by atomic mass is 9.94. The van der Waals surface area contributed by atoms with E-state index in [0.717, 1.165) is 39.9 Å². The number of aryl methyl sites for hydroxylation is 2. The molecule has 1 saturated heterocycles. The topological polar surface area (TPSA) is 58.4 Å². The Kier molecular flexibility index (Phi) is 3.92. The molecule has 5 heteroatoms. The van der Waals surface area contributed by atoms with Crippen molar-refractivity contribution in [2.45, 2.75) is 32.7 Å². The standard InChI is InChI=1S/C29H27N3O2/c1-18-6-5-7-20(12-18)21-11-10-19(2)13-22(21)26(33)32-17-28-15-29(28,16-28)25(32)14-30-27-31-23-8-3-4-9-24(23)34-27/h3-13,25H,14-17H2,1-2H3,(H,30,31)/t25-,28?,29?/m1/s1. The zero-order valence-electron chi connectivity index (χ0n) is 19.5. The summed E-state index contributed by atoms with van der Waals surface area (Å²) in [6.07, 6.45) is 2.48. The van der Waals surface area contributed by atoms with E-state index in [1.54, 1.807) is 0 Å². The number of carbonyl (C=O) groups excluding carboxylic acids is 1. The minimum absolute atomic E-state index is 0.134. The molecule has 2 saturated carbocycles. The normalized spacial score (nSPS) is 26.3. The third-order valence-corrected chi connectivity index (χ3v) is 8.34. The van der Waals surface area contributed by atoms with Gasteiger partial charge in [0.15, 0.2) is 5.58 Å². The van der Waals surface area contributed by atoms with Crippen LogP contribution in [0.2, 0.25) is 0 Å². The molecule has 4 aromatic rings. The number of benzene rings is 3. The Balaban J connectivity index is 1.19. The second-order valence-corrected chi connectivity index (χ2v) is 10.5. The van der Waals surface area contributed by atoms with E-state index in [9.17, 15) is 4.79 Å². The van der Waals surface area contributed by atoms with Crippen LogP contribution in [0.4, 0.5) is 6.01 Å². The van der Waals surface area contributed by atoms with Gasteiger partial charge in [-0.15, -0.1) is 0 Å². The van der Waals surface area contributed by atoms with E-state index in [2.05, 4.69) is 71.5 Å². The van der Waals surface area contributed by atoms with Crippen molar-refractivity contribution >= 4 is 23.0 Å². The molecular weight excluding hydrogens is 422 g/mol.